The Morgan fingerprint density at radius 3 is 2.54 bits per heavy atom. The van der Waals surface area contributed by atoms with E-state index in [1.54, 1.807) is 6.92 Å². The van der Waals surface area contributed by atoms with Gasteiger partial charge in [-0.25, -0.2) is 0 Å². The second kappa shape index (κ2) is 7.24. The van der Waals surface area contributed by atoms with Crippen LogP contribution in [0.3, 0.4) is 0 Å². The fourth-order valence-corrected chi connectivity index (χ4v) is 3.67. The number of hydrogen-bond acceptors (Lipinski definition) is 3. The van der Waals surface area contributed by atoms with Gasteiger partial charge >= 0.3 is 0 Å². The van der Waals surface area contributed by atoms with Gasteiger partial charge in [-0.3, -0.25) is 9.59 Å². The summed E-state index contributed by atoms with van der Waals surface area (Å²) in [6, 6.07) is 7.54. The van der Waals surface area contributed by atoms with Crippen LogP contribution in [0.25, 0.3) is 0 Å². The molecule has 5 heteroatoms. The molecule has 3 heterocycles. The number of piperidine rings is 1. The Morgan fingerprint density at radius 2 is 1.88 bits per heavy atom. The molecule has 2 bridgehead atoms. The third-order valence-corrected chi connectivity index (χ3v) is 4.99. The van der Waals surface area contributed by atoms with Crippen LogP contribution in [-0.4, -0.2) is 53.9 Å². The van der Waals surface area contributed by atoms with Crippen molar-refractivity contribution in [3.8, 4) is 5.75 Å². The fraction of sp³-hybridized carbons (Fsp3) is 0.579. The maximum Gasteiger partial charge on any atom is 0.254 e. The number of carbonyl (C=O) groups excluding carboxylic acids is 2. The van der Waals surface area contributed by atoms with Crippen LogP contribution in [0.15, 0.2) is 24.3 Å². The summed E-state index contributed by atoms with van der Waals surface area (Å²) in [6.45, 7) is 6.56. The standard InChI is InChI=1S/C19H26N2O3/c1-3-10-24-18-8-5-16(6-9-18)19(23)21-12-15-4-7-17(21)13-20(11-15)14(2)22/h5-6,8-9,15,17H,3-4,7,10-13H2,1-2H3/t15-,17+/m1/s1. The molecule has 3 fully saturated rings. The molecule has 1 aromatic carbocycles. The first-order valence-corrected chi connectivity index (χ1v) is 8.87. The number of fused-ring (bicyclic) bond motifs is 4. The first kappa shape index (κ1) is 16.8. The van der Waals surface area contributed by atoms with Crippen LogP contribution in [-0.2, 0) is 4.79 Å². The Labute approximate surface area is 143 Å². The molecule has 0 unspecified atom stereocenters. The summed E-state index contributed by atoms with van der Waals surface area (Å²) in [7, 11) is 0. The van der Waals surface area contributed by atoms with Crippen molar-refractivity contribution in [2.24, 2.45) is 5.92 Å². The Bertz CT molecular complexity index is 599. The lowest BCUT2D eigenvalue weighted by Crippen LogP contribution is -2.47. The molecule has 0 saturated carbocycles. The predicted octanol–water partition coefficient (Wildman–Crippen LogP) is 2.56. The van der Waals surface area contributed by atoms with Crippen molar-refractivity contribution in [2.75, 3.05) is 26.2 Å². The van der Waals surface area contributed by atoms with Crippen LogP contribution in [0.2, 0.25) is 0 Å². The molecule has 1 aromatic rings. The molecule has 3 saturated heterocycles. The average molecular weight is 330 g/mol. The van der Waals surface area contributed by atoms with Gasteiger partial charge in [-0.1, -0.05) is 6.92 Å². The molecule has 3 aliphatic heterocycles. The molecule has 0 aliphatic carbocycles. The lowest BCUT2D eigenvalue weighted by atomic mass is 9.94. The Morgan fingerprint density at radius 1 is 1.12 bits per heavy atom. The zero-order chi connectivity index (χ0) is 17.1. The van der Waals surface area contributed by atoms with Crippen LogP contribution in [0.4, 0.5) is 0 Å². The van der Waals surface area contributed by atoms with E-state index < -0.39 is 0 Å². The summed E-state index contributed by atoms with van der Waals surface area (Å²) in [5.74, 6) is 1.37. The number of ether oxygens (including phenoxy) is 1. The van der Waals surface area contributed by atoms with Crippen molar-refractivity contribution in [1.82, 2.24) is 9.80 Å². The van der Waals surface area contributed by atoms with E-state index in [0.717, 1.165) is 38.1 Å². The number of benzene rings is 1. The van der Waals surface area contributed by atoms with Crippen LogP contribution >= 0.6 is 0 Å². The van der Waals surface area contributed by atoms with Crippen LogP contribution in [0.1, 0.15) is 43.5 Å². The summed E-state index contributed by atoms with van der Waals surface area (Å²) in [5, 5.41) is 0. The molecule has 0 N–H and O–H groups in total. The smallest absolute Gasteiger partial charge is 0.254 e. The second-order valence-electron chi connectivity index (χ2n) is 6.85. The molecule has 3 aliphatic rings. The zero-order valence-corrected chi connectivity index (χ0v) is 14.5. The zero-order valence-electron chi connectivity index (χ0n) is 14.5. The molecule has 4 rings (SSSR count). The van der Waals surface area contributed by atoms with E-state index in [-0.39, 0.29) is 17.9 Å². The number of carbonyl (C=O) groups is 2. The van der Waals surface area contributed by atoms with Crippen molar-refractivity contribution in [1.29, 1.82) is 0 Å². The van der Waals surface area contributed by atoms with Gasteiger partial charge in [-0.15, -0.1) is 0 Å². The van der Waals surface area contributed by atoms with E-state index in [4.69, 9.17) is 4.74 Å². The van der Waals surface area contributed by atoms with E-state index in [1.807, 2.05) is 34.1 Å². The third kappa shape index (κ3) is 3.55. The van der Waals surface area contributed by atoms with E-state index >= 15 is 0 Å². The molecule has 5 nitrogen and oxygen atoms in total. The van der Waals surface area contributed by atoms with Crippen molar-refractivity contribution < 1.29 is 14.3 Å². The largest absolute Gasteiger partial charge is 0.494 e. The summed E-state index contributed by atoms with van der Waals surface area (Å²) in [5.41, 5.74) is 0.695. The van der Waals surface area contributed by atoms with E-state index in [1.165, 1.54) is 0 Å². The van der Waals surface area contributed by atoms with E-state index in [0.29, 0.717) is 24.6 Å². The summed E-state index contributed by atoms with van der Waals surface area (Å²) in [6.07, 6.45) is 3.05. The normalized spacial score (nSPS) is 23.1. The average Bonchev–Trinajstić information content (AvgIpc) is 2.92. The molecule has 2 amide bonds. The Kier molecular flexibility index (Phi) is 5.07. The lowest BCUT2D eigenvalue weighted by molar-refractivity contribution is -0.129. The highest BCUT2D eigenvalue weighted by atomic mass is 16.5. The maximum absolute atomic E-state index is 12.9. The minimum atomic E-state index is 0.0668. The molecular formula is C19H26N2O3. The Hall–Kier alpha value is -2.04. The molecule has 0 radical (unpaired) electrons. The highest BCUT2D eigenvalue weighted by molar-refractivity contribution is 5.94. The van der Waals surface area contributed by atoms with Gasteiger partial charge in [0.1, 0.15) is 5.75 Å². The van der Waals surface area contributed by atoms with Gasteiger partial charge in [-0.2, -0.15) is 0 Å². The van der Waals surface area contributed by atoms with Gasteiger partial charge in [0.15, 0.2) is 0 Å². The van der Waals surface area contributed by atoms with Crippen LogP contribution < -0.4 is 4.74 Å². The number of amides is 2. The van der Waals surface area contributed by atoms with Crippen molar-refractivity contribution >= 4 is 11.8 Å². The monoisotopic (exact) mass is 330 g/mol. The van der Waals surface area contributed by atoms with Gasteiger partial charge in [0.25, 0.3) is 5.91 Å². The number of rotatable bonds is 4. The van der Waals surface area contributed by atoms with Crippen molar-refractivity contribution in [2.45, 2.75) is 39.2 Å². The number of hydrogen-bond donors (Lipinski definition) is 0. The van der Waals surface area contributed by atoms with Crippen molar-refractivity contribution in [3.05, 3.63) is 29.8 Å². The van der Waals surface area contributed by atoms with E-state index in [9.17, 15) is 9.59 Å². The van der Waals surface area contributed by atoms with Crippen LogP contribution in [0.5, 0.6) is 5.75 Å². The summed E-state index contributed by atoms with van der Waals surface area (Å²) >= 11 is 0. The minimum absolute atomic E-state index is 0.0668. The quantitative estimate of drug-likeness (QED) is 0.852. The molecule has 130 valence electrons. The summed E-state index contributed by atoms with van der Waals surface area (Å²) in [4.78, 5) is 28.5. The van der Waals surface area contributed by atoms with Crippen molar-refractivity contribution in [3.63, 3.8) is 0 Å². The first-order chi connectivity index (χ1) is 11.6. The van der Waals surface area contributed by atoms with Gasteiger partial charge in [-0.05, 0) is 49.4 Å². The van der Waals surface area contributed by atoms with Crippen LogP contribution in [0, 0.1) is 5.92 Å². The maximum atomic E-state index is 12.9. The van der Waals surface area contributed by atoms with Gasteiger partial charge in [0.2, 0.25) is 5.91 Å². The predicted molar refractivity (Wildman–Crippen MR) is 92.0 cm³/mol. The van der Waals surface area contributed by atoms with Gasteiger partial charge in [0.05, 0.1) is 6.61 Å². The molecular weight excluding hydrogens is 304 g/mol. The minimum Gasteiger partial charge on any atom is -0.494 e. The third-order valence-electron chi connectivity index (χ3n) is 4.99. The topological polar surface area (TPSA) is 49.9 Å². The summed E-state index contributed by atoms with van der Waals surface area (Å²) < 4.78 is 5.58. The highest BCUT2D eigenvalue weighted by Gasteiger charge is 2.38. The molecule has 0 aromatic heterocycles. The fourth-order valence-electron chi connectivity index (χ4n) is 3.67. The van der Waals surface area contributed by atoms with Gasteiger partial charge in [0, 0.05) is 38.2 Å². The molecule has 0 spiro atoms. The van der Waals surface area contributed by atoms with Gasteiger partial charge < -0.3 is 14.5 Å². The second-order valence-corrected chi connectivity index (χ2v) is 6.85. The van der Waals surface area contributed by atoms with E-state index in [2.05, 4.69) is 6.92 Å². The first-order valence-electron chi connectivity index (χ1n) is 8.87. The molecule has 2 atom stereocenters. The SMILES string of the molecule is CCCOc1ccc(C(=O)N2C[C@@H]3CC[C@H]2CN(C(C)=O)C3)cc1. The molecule has 24 heavy (non-hydrogen) atoms. The number of nitrogens with zero attached hydrogens (tertiary/aromatic N) is 2. The lowest BCUT2D eigenvalue weighted by Gasteiger charge is -2.36. The Balaban J connectivity index is 1.72. The highest BCUT2D eigenvalue weighted by Crippen LogP contribution is 2.29.